The molecule has 1 aliphatic rings. The van der Waals surface area contributed by atoms with Gasteiger partial charge in [0.2, 0.25) is 5.43 Å². The number of aromatic amines is 1. The van der Waals surface area contributed by atoms with Crippen LogP contribution in [-0.4, -0.2) is 30.0 Å². The molecule has 1 amide bonds. The van der Waals surface area contributed by atoms with Crippen LogP contribution in [0.4, 0.5) is 5.69 Å². The highest BCUT2D eigenvalue weighted by atomic mass is 16.2. The van der Waals surface area contributed by atoms with Gasteiger partial charge in [-0.2, -0.15) is 0 Å². The number of nitrogens with one attached hydrogen (secondary N) is 2. The molecule has 2 aromatic carbocycles. The lowest BCUT2D eigenvalue weighted by Crippen LogP contribution is -2.39. The number of hydrogen-bond acceptors (Lipinski definition) is 3. The van der Waals surface area contributed by atoms with Gasteiger partial charge in [0.25, 0.3) is 5.91 Å². The molecular weight excluding hydrogens is 326 g/mol. The molecule has 0 saturated heterocycles. The SMILES string of the molecule is C[C@@H]1Cc2ccccc2N1CCNC(=O)c1c[nH]c2ccccc2c1=O. The van der Waals surface area contributed by atoms with Crippen LogP contribution < -0.4 is 15.6 Å². The number of carbonyl (C=O) groups is 1. The van der Waals surface area contributed by atoms with E-state index in [0.717, 1.165) is 18.5 Å². The van der Waals surface area contributed by atoms with Crippen molar-refractivity contribution in [2.75, 3.05) is 18.0 Å². The van der Waals surface area contributed by atoms with Crippen molar-refractivity contribution in [2.24, 2.45) is 0 Å². The van der Waals surface area contributed by atoms with Crippen molar-refractivity contribution in [3.05, 3.63) is 76.1 Å². The Bertz CT molecular complexity index is 1020. The van der Waals surface area contributed by atoms with Gasteiger partial charge in [0.1, 0.15) is 5.56 Å². The summed E-state index contributed by atoms with van der Waals surface area (Å²) in [6.45, 7) is 3.40. The van der Waals surface area contributed by atoms with E-state index < -0.39 is 0 Å². The highest BCUT2D eigenvalue weighted by Crippen LogP contribution is 2.31. The maximum Gasteiger partial charge on any atom is 0.256 e. The first-order valence-corrected chi connectivity index (χ1v) is 8.88. The molecule has 2 N–H and O–H groups in total. The summed E-state index contributed by atoms with van der Waals surface area (Å²) in [5.41, 5.74) is 3.22. The number of benzene rings is 2. The predicted molar refractivity (Wildman–Crippen MR) is 104 cm³/mol. The Morgan fingerprint density at radius 2 is 1.96 bits per heavy atom. The summed E-state index contributed by atoms with van der Waals surface area (Å²) in [5, 5.41) is 3.41. The van der Waals surface area contributed by atoms with E-state index in [1.165, 1.54) is 17.4 Å². The van der Waals surface area contributed by atoms with E-state index in [2.05, 4.69) is 40.3 Å². The Labute approximate surface area is 151 Å². The van der Waals surface area contributed by atoms with Gasteiger partial charge in [-0.1, -0.05) is 30.3 Å². The van der Waals surface area contributed by atoms with Crippen LogP contribution >= 0.6 is 0 Å². The van der Waals surface area contributed by atoms with Gasteiger partial charge in [-0.05, 0) is 37.1 Å². The molecular formula is C21H21N3O2. The zero-order valence-electron chi connectivity index (χ0n) is 14.7. The Hall–Kier alpha value is -3.08. The molecule has 1 atom stereocenters. The van der Waals surface area contributed by atoms with Crippen molar-refractivity contribution in [1.29, 1.82) is 0 Å². The van der Waals surface area contributed by atoms with Crippen molar-refractivity contribution >= 4 is 22.5 Å². The van der Waals surface area contributed by atoms with Crippen molar-refractivity contribution in [3.8, 4) is 0 Å². The summed E-state index contributed by atoms with van der Waals surface area (Å²) in [4.78, 5) is 30.3. The summed E-state index contributed by atoms with van der Waals surface area (Å²) < 4.78 is 0. The van der Waals surface area contributed by atoms with Crippen LogP contribution in [0, 0.1) is 0 Å². The van der Waals surface area contributed by atoms with Gasteiger partial charge in [-0.15, -0.1) is 0 Å². The number of fused-ring (bicyclic) bond motifs is 2. The predicted octanol–water partition coefficient (Wildman–Crippen LogP) is 2.71. The number of aromatic nitrogens is 1. The van der Waals surface area contributed by atoms with E-state index in [-0.39, 0.29) is 16.9 Å². The molecule has 3 aromatic rings. The van der Waals surface area contributed by atoms with E-state index in [1.807, 2.05) is 18.2 Å². The lowest BCUT2D eigenvalue weighted by molar-refractivity contribution is 0.0953. The molecule has 4 rings (SSSR count). The Morgan fingerprint density at radius 1 is 1.19 bits per heavy atom. The average molecular weight is 347 g/mol. The Morgan fingerprint density at radius 3 is 2.85 bits per heavy atom. The van der Waals surface area contributed by atoms with Crippen LogP contribution in [-0.2, 0) is 6.42 Å². The number of anilines is 1. The zero-order chi connectivity index (χ0) is 18.1. The van der Waals surface area contributed by atoms with Crippen molar-refractivity contribution < 1.29 is 4.79 Å². The highest BCUT2D eigenvalue weighted by Gasteiger charge is 2.25. The molecule has 1 aliphatic heterocycles. The van der Waals surface area contributed by atoms with Crippen molar-refractivity contribution in [3.63, 3.8) is 0 Å². The minimum atomic E-state index is -0.336. The van der Waals surface area contributed by atoms with E-state index in [1.54, 1.807) is 12.1 Å². The molecule has 1 aromatic heterocycles. The fourth-order valence-electron chi connectivity index (χ4n) is 3.69. The van der Waals surface area contributed by atoms with Gasteiger partial charge in [-0.3, -0.25) is 9.59 Å². The van der Waals surface area contributed by atoms with E-state index >= 15 is 0 Å². The van der Waals surface area contributed by atoms with Crippen molar-refractivity contribution in [2.45, 2.75) is 19.4 Å². The molecule has 26 heavy (non-hydrogen) atoms. The lowest BCUT2D eigenvalue weighted by atomic mass is 10.1. The Kier molecular flexibility index (Phi) is 4.21. The maximum absolute atomic E-state index is 12.5. The molecule has 132 valence electrons. The number of H-pyrrole nitrogens is 1. The third-order valence-corrected chi connectivity index (χ3v) is 5.02. The lowest BCUT2D eigenvalue weighted by Gasteiger charge is -2.25. The summed E-state index contributed by atoms with van der Waals surface area (Å²) >= 11 is 0. The maximum atomic E-state index is 12.5. The number of nitrogens with zero attached hydrogens (tertiary/aromatic N) is 1. The molecule has 5 heteroatoms. The van der Waals surface area contributed by atoms with E-state index in [4.69, 9.17) is 0 Å². The van der Waals surface area contributed by atoms with Gasteiger partial charge in [0.05, 0.1) is 0 Å². The molecule has 0 unspecified atom stereocenters. The fraction of sp³-hybridized carbons (Fsp3) is 0.238. The minimum Gasteiger partial charge on any atom is -0.367 e. The van der Waals surface area contributed by atoms with Gasteiger partial charge in [0, 0.05) is 41.9 Å². The molecule has 0 spiro atoms. The molecule has 0 aliphatic carbocycles. The molecule has 0 saturated carbocycles. The first-order chi connectivity index (χ1) is 12.6. The third kappa shape index (κ3) is 2.86. The second kappa shape index (κ2) is 6.67. The van der Waals surface area contributed by atoms with Gasteiger partial charge >= 0.3 is 0 Å². The molecule has 0 bridgehead atoms. The number of hydrogen-bond donors (Lipinski definition) is 2. The number of carbonyl (C=O) groups excluding carboxylic acids is 1. The van der Waals surface area contributed by atoms with Crippen LogP contribution in [0.5, 0.6) is 0 Å². The molecule has 0 fully saturated rings. The molecule has 5 nitrogen and oxygen atoms in total. The van der Waals surface area contributed by atoms with E-state index in [0.29, 0.717) is 18.0 Å². The monoisotopic (exact) mass is 347 g/mol. The topological polar surface area (TPSA) is 65.2 Å². The van der Waals surface area contributed by atoms with Crippen LogP contribution in [0.1, 0.15) is 22.8 Å². The minimum absolute atomic E-state index is 0.151. The normalized spacial score (nSPS) is 15.9. The summed E-state index contributed by atoms with van der Waals surface area (Å²) in [7, 11) is 0. The highest BCUT2D eigenvalue weighted by molar-refractivity contribution is 5.97. The second-order valence-corrected chi connectivity index (χ2v) is 6.71. The van der Waals surface area contributed by atoms with Crippen LogP contribution in [0.25, 0.3) is 10.9 Å². The van der Waals surface area contributed by atoms with Gasteiger partial charge < -0.3 is 15.2 Å². The quantitative estimate of drug-likeness (QED) is 0.763. The first-order valence-electron chi connectivity index (χ1n) is 8.88. The largest absolute Gasteiger partial charge is 0.367 e. The first kappa shape index (κ1) is 16.4. The summed E-state index contributed by atoms with van der Waals surface area (Å²) in [6.07, 6.45) is 2.52. The number of rotatable bonds is 4. The Balaban J connectivity index is 1.45. The number of pyridine rings is 1. The van der Waals surface area contributed by atoms with Crippen LogP contribution in [0.2, 0.25) is 0 Å². The number of amides is 1. The average Bonchev–Trinajstić information content (AvgIpc) is 2.97. The second-order valence-electron chi connectivity index (χ2n) is 6.71. The standard InChI is InChI=1S/C21H21N3O2/c1-14-12-15-6-2-5-9-19(15)24(14)11-10-22-21(26)17-13-23-18-8-4-3-7-16(18)20(17)25/h2-9,13-14H,10-12H2,1H3,(H,22,26)(H,23,25)/t14-/m1/s1. The smallest absolute Gasteiger partial charge is 0.256 e. The number of para-hydroxylation sites is 2. The van der Waals surface area contributed by atoms with Crippen molar-refractivity contribution in [1.82, 2.24) is 10.3 Å². The van der Waals surface area contributed by atoms with Gasteiger partial charge in [-0.25, -0.2) is 0 Å². The van der Waals surface area contributed by atoms with Crippen LogP contribution in [0.3, 0.4) is 0 Å². The van der Waals surface area contributed by atoms with Crippen LogP contribution in [0.15, 0.2) is 59.5 Å². The molecule has 2 heterocycles. The third-order valence-electron chi connectivity index (χ3n) is 5.02. The fourth-order valence-corrected chi connectivity index (χ4v) is 3.69. The summed E-state index contributed by atoms with van der Waals surface area (Å²) in [6, 6.07) is 16.0. The summed E-state index contributed by atoms with van der Waals surface area (Å²) in [5.74, 6) is -0.336. The zero-order valence-corrected chi connectivity index (χ0v) is 14.7. The van der Waals surface area contributed by atoms with E-state index in [9.17, 15) is 9.59 Å². The molecule has 0 radical (unpaired) electrons. The van der Waals surface area contributed by atoms with Gasteiger partial charge in [0.15, 0.2) is 0 Å².